The van der Waals surface area contributed by atoms with Crippen LogP contribution in [0, 0.1) is 0 Å². The van der Waals surface area contributed by atoms with Crippen LogP contribution in [0.15, 0.2) is 50.1 Å². The summed E-state index contributed by atoms with van der Waals surface area (Å²) in [5.41, 5.74) is 0.301. The topological polar surface area (TPSA) is 87.0 Å². The summed E-state index contributed by atoms with van der Waals surface area (Å²) in [6.45, 7) is 0.414. The molecule has 2 heterocycles. The van der Waals surface area contributed by atoms with Crippen LogP contribution in [0.4, 0.5) is 0 Å². The van der Waals surface area contributed by atoms with Gasteiger partial charge < -0.3 is 23.9 Å². The Morgan fingerprint density at radius 3 is 2.81 bits per heavy atom. The van der Waals surface area contributed by atoms with Crippen LogP contribution in [0.3, 0.4) is 0 Å². The molecule has 0 fully saturated rings. The number of halogens is 1. The zero-order chi connectivity index (χ0) is 19.0. The Hall–Kier alpha value is -3.00. The monoisotopic (exact) mass is 431 g/mol. The first-order valence-electron chi connectivity index (χ1n) is 8.03. The number of ether oxygens (including phenoxy) is 3. The lowest BCUT2D eigenvalue weighted by Gasteiger charge is -2.08. The molecule has 4 rings (SSSR count). The third kappa shape index (κ3) is 3.35. The molecule has 2 aromatic carbocycles. The van der Waals surface area contributed by atoms with Gasteiger partial charge in [0, 0.05) is 16.4 Å². The second-order valence-electron chi connectivity index (χ2n) is 5.84. The SMILES string of the molecule is COc1cc(Br)cc2cc(C(=O)NCc3ccc4c(c3)OCO4)c(=O)oc12. The van der Waals surface area contributed by atoms with Crippen LogP contribution in [0.2, 0.25) is 0 Å². The Balaban J connectivity index is 1.59. The third-order valence-electron chi connectivity index (χ3n) is 4.12. The normalized spacial score (nSPS) is 12.2. The van der Waals surface area contributed by atoms with Crippen molar-refractivity contribution in [3.05, 3.63) is 62.4 Å². The third-order valence-corrected chi connectivity index (χ3v) is 4.58. The fourth-order valence-corrected chi connectivity index (χ4v) is 3.26. The minimum Gasteiger partial charge on any atom is -0.493 e. The van der Waals surface area contributed by atoms with Gasteiger partial charge in [-0.05, 0) is 35.9 Å². The predicted octanol–water partition coefficient (Wildman–Crippen LogP) is 3.22. The lowest BCUT2D eigenvalue weighted by atomic mass is 10.1. The van der Waals surface area contributed by atoms with E-state index in [9.17, 15) is 9.59 Å². The first-order chi connectivity index (χ1) is 13.0. The van der Waals surface area contributed by atoms with Crippen molar-refractivity contribution in [3.8, 4) is 17.2 Å². The summed E-state index contributed by atoms with van der Waals surface area (Å²) in [5, 5.41) is 3.29. The average Bonchev–Trinajstić information content (AvgIpc) is 3.13. The van der Waals surface area contributed by atoms with Crippen LogP contribution in [0.25, 0.3) is 11.0 Å². The summed E-state index contributed by atoms with van der Waals surface area (Å²) in [6, 6.07) is 10.3. The van der Waals surface area contributed by atoms with Crippen LogP contribution in [0.5, 0.6) is 17.2 Å². The maximum Gasteiger partial charge on any atom is 0.349 e. The van der Waals surface area contributed by atoms with Crippen molar-refractivity contribution < 1.29 is 23.4 Å². The van der Waals surface area contributed by atoms with Crippen LogP contribution >= 0.6 is 15.9 Å². The molecule has 0 unspecified atom stereocenters. The highest BCUT2D eigenvalue weighted by Gasteiger charge is 2.17. The molecule has 27 heavy (non-hydrogen) atoms. The molecule has 0 aliphatic carbocycles. The summed E-state index contributed by atoms with van der Waals surface area (Å²) >= 11 is 3.37. The second kappa shape index (κ2) is 6.96. The fraction of sp³-hybridized carbons (Fsp3) is 0.158. The van der Waals surface area contributed by atoms with E-state index < -0.39 is 11.5 Å². The van der Waals surface area contributed by atoms with Crippen molar-refractivity contribution >= 4 is 32.8 Å². The van der Waals surface area contributed by atoms with E-state index in [0.29, 0.717) is 22.6 Å². The second-order valence-corrected chi connectivity index (χ2v) is 6.76. The number of benzene rings is 2. The smallest absolute Gasteiger partial charge is 0.349 e. The molecule has 1 amide bonds. The molecular formula is C19H14BrNO6. The van der Waals surface area contributed by atoms with Crippen molar-refractivity contribution in [2.45, 2.75) is 6.54 Å². The van der Waals surface area contributed by atoms with E-state index in [0.717, 1.165) is 10.0 Å². The van der Waals surface area contributed by atoms with Crippen LogP contribution < -0.4 is 25.2 Å². The Morgan fingerprint density at radius 1 is 1.19 bits per heavy atom. The van der Waals surface area contributed by atoms with E-state index in [-0.39, 0.29) is 24.5 Å². The maximum absolute atomic E-state index is 12.5. The van der Waals surface area contributed by atoms with Gasteiger partial charge in [-0.2, -0.15) is 0 Å². The number of hydrogen-bond acceptors (Lipinski definition) is 6. The lowest BCUT2D eigenvalue weighted by Crippen LogP contribution is -2.27. The minimum atomic E-state index is -0.730. The molecule has 1 N–H and O–H groups in total. The largest absolute Gasteiger partial charge is 0.493 e. The quantitative estimate of drug-likeness (QED) is 0.638. The van der Waals surface area contributed by atoms with Crippen molar-refractivity contribution in [3.63, 3.8) is 0 Å². The Bertz CT molecular complexity index is 1110. The summed E-state index contributed by atoms with van der Waals surface area (Å²) in [6.07, 6.45) is 0. The Morgan fingerprint density at radius 2 is 2.00 bits per heavy atom. The number of carbonyl (C=O) groups is 1. The summed E-state index contributed by atoms with van der Waals surface area (Å²) in [4.78, 5) is 24.7. The van der Waals surface area contributed by atoms with Crippen molar-refractivity contribution in [2.24, 2.45) is 0 Å². The molecule has 1 aromatic heterocycles. The zero-order valence-corrected chi connectivity index (χ0v) is 15.8. The molecule has 138 valence electrons. The average molecular weight is 432 g/mol. The van der Waals surface area contributed by atoms with E-state index in [1.54, 1.807) is 24.3 Å². The van der Waals surface area contributed by atoms with Crippen molar-refractivity contribution in [2.75, 3.05) is 13.9 Å². The zero-order valence-electron chi connectivity index (χ0n) is 14.2. The highest BCUT2D eigenvalue weighted by Crippen LogP contribution is 2.32. The van der Waals surface area contributed by atoms with Crippen LogP contribution in [0.1, 0.15) is 15.9 Å². The molecule has 1 aliphatic heterocycles. The number of nitrogens with one attached hydrogen (secondary N) is 1. The Kier molecular flexibility index (Phi) is 4.49. The molecule has 0 atom stereocenters. The van der Waals surface area contributed by atoms with Crippen LogP contribution in [-0.2, 0) is 6.54 Å². The summed E-state index contributed by atoms with van der Waals surface area (Å²) in [7, 11) is 1.48. The van der Waals surface area contributed by atoms with E-state index >= 15 is 0 Å². The van der Waals surface area contributed by atoms with E-state index in [4.69, 9.17) is 18.6 Å². The molecule has 0 bridgehead atoms. The first-order valence-corrected chi connectivity index (χ1v) is 8.82. The van der Waals surface area contributed by atoms with Gasteiger partial charge in [-0.3, -0.25) is 4.79 Å². The van der Waals surface area contributed by atoms with E-state index in [1.165, 1.54) is 13.2 Å². The molecule has 1 aliphatic rings. The highest BCUT2D eigenvalue weighted by atomic mass is 79.9. The number of methoxy groups -OCH3 is 1. The molecule has 3 aromatic rings. The molecule has 7 nitrogen and oxygen atoms in total. The standard InChI is InChI=1S/C19H14BrNO6/c1-24-16-7-12(20)5-11-6-13(19(23)27-17(11)16)18(22)21-8-10-2-3-14-15(4-10)26-9-25-14/h2-7H,8-9H2,1H3,(H,21,22). The molecule has 0 saturated heterocycles. The first kappa shape index (κ1) is 17.4. The lowest BCUT2D eigenvalue weighted by molar-refractivity contribution is 0.0947. The van der Waals surface area contributed by atoms with Crippen LogP contribution in [-0.4, -0.2) is 19.8 Å². The molecular weight excluding hydrogens is 418 g/mol. The molecule has 0 spiro atoms. The molecule has 0 saturated carbocycles. The van der Waals surface area contributed by atoms with Gasteiger partial charge in [0.05, 0.1) is 7.11 Å². The number of carbonyl (C=O) groups excluding carboxylic acids is 1. The van der Waals surface area contributed by atoms with Gasteiger partial charge in [-0.25, -0.2) is 4.79 Å². The number of rotatable bonds is 4. The summed E-state index contributed by atoms with van der Waals surface area (Å²) < 4.78 is 21.8. The maximum atomic E-state index is 12.5. The van der Waals surface area contributed by atoms with Gasteiger partial charge in [0.25, 0.3) is 5.91 Å². The molecule has 0 radical (unpaired) electrons. The van der Waals surface area contributed by atoms with Gasteiger partial charge in [0.1, 0.15) is 5.56 Å². The van der Waals surface area contributed by atoms with E-state index in [2.05, 4.69) is 21.2 Å². The fourth-order valence-electron chi connectivity index (χ4n) is 2.81. The molecule has 8 heteroatoms. The number of amides is 1. The highest BCUT2D eigenvalue weighted by molar-refractivity contribution is 9.10. The summed E-state index contributed by atoms with van der Waals surface area (Å²) in [5.74, 6) is 1.18. The minimum absolute atomic E-state index is 0.0802. The predicted molar refractivity (Wildman–Crippen MR) is 100 cm³/mol. The van der Waals surface area contributed by atoms with Gasteiger partial charge in [-0.15, -0.1) is 0 Å². The number of fused-ring (bicyclic) bond motifs is 2. The van der Waals surface area contributed by atoms with Crippen molar-refractivity contribution in [1.82, 2.24) is 5.32 Å². The van der Waals surface area contributed by atoms with E-state index in [1.807, 2.05) is 6.07 Å². The van der Waals surface area contributed by atoms with Gasteiger partial charge in [0.2, 0.25) is 6.79 Å². The van der Waals surface area contributed by atoms with Crippen molar-refractivity contribution in [1.29, 1.82) is 0 Å². The Labute approximate surface area is 162 Å². The van der Waals surface area contributed by atoms with Gasteiger partial charge in [0.15, 0.2) is 22.8 Å². The number of hydrogen-bond donors (Lipinski definition) is 1. The van der Waals surface area contributed by atoms with Gasteiger partial charge in [-0.1, -0.05) is 22.0 Å². The van der Waals surface area contributed by atoms with Gasteiger partial charge >= 0.3 is 5.63 Å².